The highest BCUT2D eigenvalue weighted by Gasteiger charge is 2.24. The zero-order valence-electron chi connectivity index (χ0n) is 14.1. The highest BCUT2D eigenvalue weighted by molar-refractivity contribution is 7.09. The van der Waals surface area contributed by atoms with Gasteiger partial charge in [-0.05, 0) is 43.3 Å². The Hall–Kier alpha value is -1.72. The first-order chi connectivity index (χ1) is 11.7. The summed E-state index contributed by atoms with van der Waals surface area (Å²) in [4.78, 5) is 17.0. The molecule has 0 aliphatic carbocycles. The van der Waals surface area contributed by atoms with Gasteiger partial charge in [0.1, 0.15) is 11.0 Å². The van der Waals surface area contributed by atoms with Gasteiger partial charge in [0.2, 0.25) is 5.91 Å². The Morgan fingerprint density at radius 2 is 2.25 bits per heavy atom. The van der Waals surface area contributed by atoms with Gasteiger partial charge in [0, 0.05) is 18.0 Å². The molecule has 1 saturated heterocycles. The molecule has 128 valence electrons. The number of carbonyl (C=O) groups excluding carboxylic acids is 1. The van der Waals surface area contributed by atoms with E-state index in [0.29, 0.717) is 18.3 Å². The zero-order chi connectivity index (χ0) is 16.8. The first-order valence-corrected chi connectivity index (χ1v) is 9.56. The lowest BCUT2D eigenvalue weighted by atomic mass is 9.85. The summed E-state index contributed by atoms with van der Waals surface area (Å²) in [5.74, 6) is 1.10. The van der Waals surface area contributed by atoms with Crippen molar-refractivity contribution >= 4 is 17.2 Å². The van der Waals surface area contributed by atoms with Crippen LogP contribution < -0.4 is 10.6 Å². The smallest absolute Gasteiger partial charge is 0.221 e. The van der Waals surface area contributed by atoms with Crippen LogP contribution in [0.4, 0.5) is 0 Å². The minimum atomic E-state index is -0.157. The Kier molecular flexibility index (Phi) is 5.99. The van der Waals surface area contributed by atoms with E-state index in [1.165, 1.54) is 12.8 Å². The van der Waals surface area contributed by atoms with Gasteiger partial charge in [-0.3, -0.25) is 4.79 Å². The summed E-state index contributed by atoms with van der Waals surface area (Å²) in [6.45, 7) is 4.33. The second kappa shape index (κ2) is 8.40. The molecule has 4 nitrogen and oxygen atoms in total. The number of amides is 1. The fourth-order valence-electron chi connectivity index (χ4n) is 3.35. The molecule has 1 amide bonds. The van der Waals surface area contributed by atoms with Crippen molar-refractivity contribution in [3.8, 4) is 0 Å². The molecule has 0 spiro atoms. The van der Waals surface area contributed by atoms with E-state index in [4.69, 9.17) is 0 Å². The number of nitrogens with zero attached hydrogens (tertiary/aromatic N) is 1. The molecule has 2 aromatic rings. The quantitative estimate of drug-likeness (QED) is 0.845. The van der Waals surface area contributed by atoms with Crippen LogP contribution in [-0.2, 0) is 4.79 Å². The van der Waals surface area contributed by atoms with E-state index < -0.39 is 0 Å². The summed E-state index contributed by atoms with van der Waals surface area (Å²) in [5, 5.41) is 9.52. The molecule has 1 aliphatic rings. The SMILES string of the molecule is CC(CC(=O)NC(c1ccccc1)c1nccs1)C1CCCNC1. The maximum atomic E-state index is 12.6. The van der Waals surface area contributed by atoms with E-state index >= 15 is 0 Å². The molecule has 5 heteroatoms. The van der Waals surface area contributed by atoms with Crippen LogP contribution in [0.2, 0.25) is 0 Å². The molecule has 1 aromatic carbocycles. The number of benzene rings is 1. The van der Waals surface area contributed by atoms with Crippen molar-refractivity contribution in [2.45, 2.75) is 32.2 Å². The number of rotatable bonds is 6. The molecule has 1 aromatic heterocycles. The fraction of sp³-hybridized carbons (Fsp3) is 0.474. The lowest BCUT2D eigenvalue weighted by Gasteiger charge is -2.28. The van der Waals surface area contributed by atoms with Crippen molar-refractivity contribution in [1.29, 1.82) is 0 Å². The molecule has 0 saturated carbocycles. The summed E-state index contributed by atoms with van der Waals surface area (Å²) >= 11 is 1.58. The molecular weight excluding hydrogens is 318 g/mol. The number of nitrogens with one attached hydrogen (secondary N) is 2. The van der Waals surface area contributed by atoms with Gasteiger partial charge in [0.25, 0.3) is 0 Å². The van der Waals surface area contributed by atoms with E-state index in [-0.39, 0.29) is 11.9 Å². The number of piperidine rings is 1. The molecule has 3 atom stereocenters. The summed E-state index contributed by atoms with van der Waals surface area (Å²) in [7, 11) is 0. The largest absolute Gasteiger partial charge is 0.343 e. The Morgan fingerprint density at radius 1 is 1.42 bits per heavy atom. The topological polar surface area (TPSA) is 54.0 Å². The van der Waals surface area contributed by atoms with Crippen LogP contribution in [0.1, 0.15) is 42.8 Å². The Balaban J connectivity index is 1.65. The number of carbonyl (C=O) groups is 1. The maximum absolute atomic E-state index is 12.6. The fourth-order valence-corrected chi connectivity index (χ4v) is 4.07. The summed E-state index contributed by atoms with van der Waals surface area (Å²) in [5.41, 5.74) is 1.08. The van der Waals surface area contributed by atoms with Crippen molar-refractivity contribution in [2.24, 2.45) is 11.8 Å². The third-order valence-corrected chi connectivity index (χ3v) is 5.62. The van der Waals surface area contributed by atoms with Crippen molar-refractivity contribution < 1.29 is 4.79 Å². The van der Waals surface area contributed by atoms with Crippen LogP contribution in [0.3, 0.4) is 0 Å². The predicted molar refractivity (Wildman–Crippen MR) is 97.9 cm³/mol. The van der Waals surface area contributed by atoms with Gasteiger partial charge in [-0.1, -0.05) is 37.3 Å². The molecule has 3 rings (SSSR count). The number of hydrogen-bond donors (Lipinski definition) is 2. The zero-order valence-corrected chi connectivity index (χ0v) is 14.9. The summed E-state index contributed by atoms with van der Waals surface area (Å²) in [6, 6.07) is 9.91. The molecule has 2 N–H and O–H groups in total. The van der Waals surface area contributed by atoms with Gasteiger partial charge < -0.3 is 10.6 Å². The number of thiazole rings is 1. The van der Waals surface area contributed by atoms with E-state index in [1.807, 2.05) is 35.7 Å². The molecule has 0 radical (unpaired) electrons. The Labute approximate surface area is 147 Å². The third-order valence-electron chi connectivity index (χ3n) is 4.78. The molecule has 0 bridgehead atoms. The van der Waals surface area contributed by atoms with Crippen molar-refractivity contribution in [2.75, 3.05) is 13.1 Å². The highest BCUT2D eigenvalue weighted by Crippen LogP contribution is 2.26. The average molecular weight is 343 g/mol. The monoisotopic (exact) mass is 343 g/mol. The van der Waals surface area contributed by atoms with E-state index in [9.17, 15) is 4.79 Å². The van der Waals surface area contributed by atoms with Gasteiger partial charge >= 0.3 is 0 Å². The average Bonchev–Trinajstić information content (AvgIpc) is 3.15. The predicted octanol–water partition coefficient (Wildman–Crippen LogP) is 3.37. The summed E-state index contributed by atoms with van der Waals surface area (Å²) < 4.78 is 0. The van der Waals surface area contributed by atoms with Crippen LogP contribution in [-0.4, -0.2) is 24.0 Å². The van der Waals surface area contributed by atoms with Gasteiger partial charge in [0.05, 0.1) is 0 Å². The van der Waals surface area contributed by atoms with Crippen LogP contribution >= 0.6 is 11.3 Å². The Morgan fingerprint density at radius 3 is 2.92 bits per heavy atom. The van der Waals surface area contributed by atoms with Gasteiger partial charge in [-0.2, -0.15) is 0 Å². The molecule has 3 unspecified atom stereocenters. The molecule has 1 fully saturated rings. The van der Waals surface area contributed by atoms with Crippen LogP contribution in [0.25, 0.3) is 0 Å². The molecule has 1 aliphatic heterocycles. The minimum Gasteiger partial charge on any atom is -0.343 e. The minimum absolute atomic E-state index is 0.108. The van der Waals surface area contributed by atoms with Gasteiger partial charge in [0.15, 0.2) is 0 Å². The van der Waals surface area contributed by atoms with Crippen LogP contribution in [0.5, 0.6) is 0 Å². The van der Waals surface area contributed by atoms with Crippen molar-refractivity contribution in [3.63, 3.8) is 0 Å². The second-order valence-electron chi connectivity index (χ2n) is 6.57. The van der Waals surface area contributed by atoms with Crippen LogP contribution in [0.15, 0.2) is 41.9 Å². The van der Waals surface area contributed by atoms with Gasteiger partial charge in [-0.25, -0.2) is 4.98 Å². The van der Waals surface area contributed by atoms with E-state index in [2.05, 4.69) is 22.5 Å². The second-order valence-corrected chi connectivity index (χ2v) is 7.50. The molecule has 2 heterocycles. The molecule has 24 heavy (non-hydrogen) atoms. The normalized spacial score (nSPS) is 20.3. The number of hydrogen-bond acceptors (Lipinski definition) is 4. The van der Waals surface area contributed by atoms with Crippen molar-refractivity contribution in [3.05, 3.63) is 52.5 Å². The van der Waals surface area contributed by atoms with E-state index in [1.54, 1.807) is 17.5 Å². The van der Waals surface area contributed by atoms with Crippen molar-refractivity contribution in [1.82, 2.24) is 15.6 Å². The van der Waals surface area contributed by atoms with Crippen LogP contribution in [0, 0.1) is 11.8 Å². The first-order valence-electron chi connectivity index (χ1n) is 8.68. The standard InChI is InChI=1S/C19H25N3OS/c1-14(16-8-5-9-20-13-16)12-17(23)22-18(19-21-10-11-24-19)15-6-3-2-4-7-15/h2-4,6-7,10-11,14,16,18,20H,5,8-9,12-13H2,1H3,(H,22,23). The first kappa shape index (κ1) is 17.1. The number of aromatic nitrogens is 1. The van der Waals surface area contributed by atoms with Gasteiger partial charge in [-0.15, -0.1) is 11.3 Å². The third kappa shape index (κ3) is 4.42. The lowest BCUT2D eigenvalue weighted by Crippen LogP contribution is -2.36. The highest BCUT2D eigenvalue weighted by atomic mass is 32.1. The molecular formula is C19H25N3OS. The Bertz CT molecular complexity index is 623. The van der Waals surface area contributed by atoms with E-state index in [0.717, 1.165) is 23.7 Å². The maximum Gasteiger partial charge on any atom is 0.221 e. The summed E-state index contributed by atoms with van der Waals surface area (Å²) in [6.07, 6.45) is 4.79. The lowest BCUT2D eigenvalue weighted by molar-refractivity contribution is -0.122.